The summed E-state index contributed by atoms with van der Waals surface area (Å²) in [5, 5.41) is 9.24. The first kappa shape index (κ1) is 17.1. The fourth-order valence-electron chi connectivity index (χ4n) is 2.15. The molecule has 0 bridgehead atoms. The SMILES string of the molecule is O=C(O)C(CCc1ccncc1)NS(=O)(=O)Cc1ccccc1. The fraction of sp³-hybridized carbons (Fsp3) is 0.250. The third kappa shape index (κ3) is 5.80. The smallest absolute Gasteiger partial charge is 0.321 e. The van der Waals surface area contributed by atoms with E-state index in [1.54, 1.807) is 54.9 Å². The van der Waals surface area contributed by atoms with Gasteiger partial charge in [0.1, 0.15) is 6.04 Å². The molecule has 122 valence electrons. The van der Waals surface area contributed by atoms with Crippen LogP contribution in [0.15, 0.2) is 54.9 Å². The molecule has 1 aromatic carbocycles. The third-order valence-corrected chi connectivity index (χ3v) is 4.65. The maximum absolute atomic E-state index is 12.1. The molecule has 0 saturated carbocycles. The molecule has 0 saturated heterocycles. The van der Waals surface area contributed by atoms with Crippen molar-refractivity contribution in [1.82, 2.24) is 9.71 Å². The molecule has 0 fully saturated rings. The zero-order valence-electron chi connectivity index (χ0n) is 12.4. The number of benzene rings is 1. The van der Waals surface area contributed by atoms with Crippen LogP contribution in [-0.4, -0.2) is 30.5 Å². The number of hydrogen-bond acceptors (Lipinski definition) is 4. The molecule has 1 heterocycles. The Kier molecular flexibility index (Phi) is 5.84. The summed E-state index contributed by atoms with van der Waals surface area (Å²) < 4.78 is 26.6. The molecule has 0 spiro atoms. The highest BCUT2D eigenvalue weighted by atomic mass is 32.2. The van der Waals surface area contributed by atoms with Crippen LogP contribution >= 0.6 is 0 Å². The summed E-state index contributed by atoms with van der Waals surface area (Å²) in [5.74, 6) is -1.43. The Labute approximate surface area is 135 Å². The highest BCUT2D eigenvalue weighted by Crippen LogP contribution is 2.08. The maximum Gasteiger partial charge on any atom is 0.321 e. The minimum absolute atomic E-state index is 0.174. The van der Waals surface area contributed by atoms with E-state index >= 15 is 0 Å². The number of nitrogens with zero attached hydrogens (tertiary/aromatic N) is 1. The summed E-state index contributed by atoms with van der Waals surface area (Å²) in [4.78, 5) is 15.2. The molecular formula is C16H18N2O4S. The number of aromatic nitrogens is 1. The highest BCUT2D eigenvalue weighted by Gasteiger charge is 2.24. The number of sulfonamides is 1. The van der Waals surface area contributed by atoms with Gasteiger partial charge in [0.15, 0.2) is 0 Å². The molecule has 0 aliphatic heterocycles. The summed E-state index contributed by atoms with van der Waals surface area (Å²) in [6, 6.07) is 11.0. The number of carboxylic acids is 1. The number of aliphatic carboxylic acids is 1. The number of carboxylic acid groups (broad SMARTS) is 1. The Morgan fingerprint density at radius 2 is 1.74 bits per heavy atom. The quantitative estimate of drug-likeness (QED) is 0.764. The molecule has 6 nitrogen and oxygen atoms in total. The number of rotatable bonds is 8. The summed E-state index contributed by atoms with van der Waals surface area (Å²) in [6.07, 6.45) is 3.86. The van der Waals surface area contributed by atoms with Gasteiger partial charge in [-0.25, -0.2) is 13.1 Å². The van der Waals surface area contributed by atoms with Gasteiger partial charge in [-0.2, -0.15) is 0 Å². The molecule has 2 rings (SSSR count). The zero-order chi connectivity index (χ0) is 16.7. The molecule has 7 heteroatoms. The molecular weight excluding hydrogens is 316 g/mol. The van der Waals surface area contributed by atoms with Crippen LogP contribution < -0.4 is 4.72 Å². The average molecular weight is 334 g/mol. The van der Waals surface area contributed by atoms with Crippen molar-refractivity contribution < 1.29 is 18.3 Å². The van der Waals surface area contributed by atoms with E-state index < -0.39 is 22.0 Å². The molecule has 1 aromatic heterocycles. The molecule has 0 aliphatic carbocycles. The first-order chi connectivity index (χ1) is 11.0. The molecule has 0 radical (unpaired) electrons. The van der Waals surface area contributed by atoms with E-state index in [1.807, 2.05) is 0 Å². The maximum atomic E-state index is 12.1. The van der Waals surface area contributed by atoms with Crippen molar-refractivity contribution in [3.63, 3.8) is 0 Å². The van der Waals surface area contributed by atoms with Crippen molar-refractivity contribution in [3.05, 3.63) is 66.0 Å². The lowest BCUT2D eigenvalue weighted by molar-refractivity contribution is -0.139. The second-order valence-electron chi connectivity index (χ2n) is 5.15. The third-order valence-electron chi connectivity index (χ3n) is 3.29. The number of aryl methyl sites for hydroxylation is 1. The van der Waals surface area contributed by atoms with Crippen LogP contribution in [0, 0.1) is 0 Å². The Bertz CT molecular complexity index is 733. The summed E-state index contributed by atoms with van der Waals surface area (Å²) >= 11 is 0. The van der Waals surface area contributed by atoms with Crippen LogP contribution in [0.2, 0.25) is 0 Å². The van der Waals surface area contributed by atoms with Gasteiger partial charge in [0.25, 0.3) is 0 Å². The van der Waals surface area contributed by atoms with Crippen LogP contribution in [-0.2, 0) is 27.0 Å². The largest absolute Gasteiger partial charge is 0.480 e. The molecule has 0 amide bonds. The van der Waals surface area contributed by atoms with Crippen LogP contribution in [0.3, 0.4) is 0 Å². The lowest BCUT2D eigenvalue weighted by Crippen LogP contribution is -2.41. The van der Waals surface area contributed by atoms with E-state index in [-0.39, 0.29) is 12.2 Å². The van der Waals surface area contributed by atoms with Gasteiger partial charge in [-0.05, 0) is 36.1 Å². The molecule has 2 N–H and O–H groups in total. The predicted octanol–water partition coefficient (Wildman–Crippen LogP) is 1.59. The van der Waals surface area contributed by atoms with Crippen molar-refractivity contribution in [1.29, 1.82) is 0 Å². The van der Waals surface area contributed by atoms with Gasteiger partial charge in [-0.1, -0.05) is 30.3 Å². The minimum atomic E-state index is -3.73. The minimum Gasteiger partial charge on any atom is -0.480 e. The number of carbonyl (C=O) groups is 1. The van der Waals surface area contributed by atoms with E-state index in [0.29, 0.717) is 12.0 Å². The number of hydrogen-bond donors (Lipinski definition) is 2. The van der Waals surface area contributed by atoms with Crippen LogP contribution in [0.4, 0.5) is 0 Å². The molecule has 23 heavy (non-hydrogen) atoms. The summed E-state index contributed by atoms with van der Waals surface area (Å²) in [6.45, 7) is 0. The van der Waals surface area contributed by atoms with Crippen molar-refractivity contribution in [2.75, 3.05) is 0 Å². The Balaban J connectivity index is 1.99. The zero-order valence-corrected chi connectivity index (χ0v) is 13.2. The predicted molar refractivity (Wildman–Crippen MR) is 86.2 cm³/mol. The lowest BCUT2D eigenvalue weighted by Gasteiger charge is -2.15. The summed E-state index contributed by atoms with van der Waals surface area (Å²) in [5.41, 5.74) is 1.52. The van der Waals surface area contributed by atoms with Crippen molar-refractivity contribution in [3.8, 4) is 0 Å². The van der Waals surface area contributed by atoms with Gasteiger partial charge in [0.05, 0.1) is 5.75 Å². The first-order valence-electron chi connectivity index (χ1n) is 7.12. The van der Waals surface area contributed by atoms with Crippen LogP contribution in [0.25, 0.3) is 0 Å². The van der Waals surface area contributed by atoms with Gasteiger partial charge in [-0.15, -0.1) is 0 Å². The fourth-order valence-corrected chi connectivity index (χ4v) is 3.51. The van der Waals surface area contributed by atoms with E-state index in [0.717, 1.165) is 5.56 Å². The molecule has 2 aromatic rings. The molecule has 1 unspecified atom stereocenters. The normalized spacial score (nSPS) is 12.7. The summed E-state index contributed by atoms with van der Waals surface area (Å²) in [7, 11) is -3.73. The van der Waals surface area contributed by atoms with Crippen molar-refractivity contribution >= 4 is 16.0 Å². The van der Waals surface area contributed by atoms with Gasteiger partial charge in [-0.3, -0.25) is 9.78 Å². The lowest BCUT2D eigenvalue weighted by atomic mass is 10.1. The van der Waals surface area contributed by atoms with E-state index in [2.05, 4.69) is 9.71 Å². The van der Waals surface area contributed by atoms with E-state index in [9.17, 15) is 18.3 Å². The van der Waals surface area contributed by atoms with Crippen LogP contribution in [0.1, 0.15) is 17.5 Å². The topological polar surface area (TPSA) is 96.4 Å². The molecule has 0 aliphatic rings. The van der Waals surface area contributed by atoms with Crippen LogP contribution in [0.5, 0.6) is 0 Å². The van der Waals surface area contributed by atoms with Gasteiger partial charge in [0.2, 0.25) is 10.0 Å². The van der Waals surface area contributed by atoms with Crippen molar-refractivity contribution in [2.45, 2.75) is 24.6 Å². The van der Waals surface area contributed by atoms with Gasteiger partial charge >= 0.3 is 5.97 Å². The molecule has 1 atom stereocenters. The standard InChI is InChI=1S/C16H18N2O4S/c19-16(20)15(7-6-13-8-10-17-11-9-13)18-23(21,22)12-14-4-2-1-3-5-14/h1-5,8-11,15,18H,6-7,12H2,(H,19,20). The highest BCUT2D eigenvalue weighted by molar-refractivity contribution is 7.88. The second kappa shape index (κ2) is 7.85. The Hall–Kier alpha value is -2.25. The van der Waals surface area contributed by atoms with E-state index in [4.69, 9.17) is 0 Å². The van der Waals surface area contributed by atoms with Crippen molar-refractivity contribution in [2.24, 2.45) is 0 Å². The van der Waals surface area contributed by atoms with Gasteiger partial charge < -0.3 is 5.11 Å². The van der Waals surface area contributed by atoms with Gasteiger partial charge in [0, 0.05) is 12.4 Å². The Morgan fingerprint density at radius 3 is 2.35 bits per heavy atom. The monoisotopic (exact) mass is 334 g/mol. The first-order valence-corrected chi connectivity index (χ1v) is 8.77. The Morgan fingerprint density at radius 1 is 1.09 bits per heavy atom. The number of nitrogens with one attached hydrogen (secondary N) is 1. The average Bonchev–Trinajstić information content (AvgIpc) is 2.52. The second-order valence-corrected chi connectivity index (χ2v) is 6.90. The van der Waals surface area contributed by atoms with E-state index in [1.165, 1.54) is 0 Å². The number of pyridine rings is 1.